The molecule has 0 spiro atoms. The zero-order valence-electron chi connectivity index (χ0n) is 9.73. The number of carbonyl (C=O) groups excluding carboxylic acids is 1. The van der Waals surface area contributed by atoms with Gasteiger partial charge >= 0.3 is 5.97 Å². The van der Waals surface area contributed by atoms with Crippen molar-refractivity contribution >= 4 is 17.7 Å². The number of methoxy groups -OCH3 is 2. The van der Waals surface area contributed by atoms with E-state index in [4.69, 9.17) is 4.74 Å². The summed E-state index contributed by atoms with van der Waals surface area (Å²) in [7, 11) is 3.05. The van der Waals surface area contributed by atoms with E-state index < -0.39 is 0 Å². The second-order valence-electron chi connectivity index (χ2n) is 3.38. The molecule has 1 aromatic rings. The molecule has 1 rings (SSSR count). The average molecular weight is 240 g/mol. The monoisotopic (exact) mass is 240 g/mol. The number of carbonyl (C=O) groups is 1. The van der Waals surface area contributed by atoms with Crippen LogP contribution >= 0.6 is 11.8 Å². The lowest BCUT2D eigenvalue weighted by Crippen LogP contribution is -2.08. The number of benzene rings is 1. The SMILES string of the molecule is COC(=O)CC(C)Sc1ccc(OC)cc1. The van der Waals surface area contributed by atoms with E-state index in [-0.39, 0.29) is 11.2 Å². The molecule has 16 heavy (non-hydrogen) atoms. The van der Waals surface area contributed by atoms with Crippen LogP contribution in [-0.4, -0.2) is 25.4 Å². The van der Waals surface area contributed by atoms with Crippen molar-refractivity contribution in [1.82, 2.24) is 0 Å². The highest BCUT2D eigenvalue weighted by Crippen LogP contribution is 2.26. The van der Waals surface area contributed by atoms with E-state index in [1.807, 2.05) is 31.2 Å². The topological polar surface area (TPSA) is 35.5 Å². The minimum Gasteiger partial charge on any atom is -0.497 e. The van der Waals surface area contributed by atoms with Gasteiger partial charge in [-0.2, -0.15) is 0 Å². The number of hydrogen-bond donors (Lipinski definition) is 0. The Hall–Kier alpha value is -1.16. The van der Waals surface area contributed by atoms with Gasteiger partial charge in [-0.05, 0) is 24.3 Å². The van der Waals surface area contributed by atoms with Crippen LogP contribution in [0.3, 0.4) is 0 Å². The molecule has 1 unspecified atom stereocenters. The molecule has 1 atom stereocenters. The average Bonchev–Trinajstić information content (AvgIpc) is 2.29. The molecule has 0 amide bonds. The third kappa shape index (κ3) is 4.14. The highest BCUT2D eigenvalue weighted by atomic mass is 32.2. The highest BCUT2D eigenvalue weighted by molar-refractivity contribution is 8.00. The largest absolute Gasteiger partial charge is 0.497 e. The van der Waals surface area contributed by atoms with Gasteiger partial charge in [0.1, 0.15) is 5.75 Å². The van der Waals surface area contributed by atoms with Gasteiger partial charge in [0.15, 0.2) is 0 Å². The van der Waals surface area contributed by atoms with Crippen LogP contribution in [-0.2, 0) is 9.53 Å². The van der Waals surface area contributed by atoms with Gasteiger partial charge < -0.3 is 9.47 Å². The van der Waals surface area contributed by atoms with E-state index in [9.17, 15) is 4.79 Å². The quantitative estimate of drug-likeness (QED) is 0.585. The van der Waals surface area contributed by atoms with E-state index >= 15 is 0 Å². The lowest BCUT2D eigenvalue weighted by Gasteiger charge is -2.09. The van der Waals surface area contributed by atoms with Crippen molar-refractivity contribution in [1.29, 1.82) is 0 Å². The predicted molar refractivity (Wildman–Crippen MR) is 64.9 cm³/mol. The van der Waals surface area contributed by atoms with Crippen LogP contribution in [0.25, 0.3) is 0 Å². The van der Waals surface area contributed by atoms with Crippen molar-refractivity contribution in [2.45, 2.75) is 23.5 Å². The van der Waals surface area contributed by atoms with Crippen LogP contribution in [0.15, 0.2) is 29.2 Å². The zero-order chi connectivity index (χ0) is 12.0. The van der Waals surface area contributed by atoms with Crippen LogP contribution in [0, 0.1) is 0 Å². The normalized spacial score (nSPS) is 11.9. The first-order valence-electron chi connectivity index (χ1n) is 5.03. The van der Waals surface area contributed by atoms with Gasteiger partial charge in [0, 0.05) is 10.1 Å². The van der Waals surface area contributed by atoms with Crippen LogP contribution < -0.4 is 4.74 Å². The summed E-state index contributed by atoms with van der Waals surface area (Å²) >= 11 is 1.65. The van der Waals surface area contributed by atoms with Gasteiger partial charge in [-0.15, -0.1) is 11.8 Å². The summed E-state index contributed by atoms with van der Waals surface area (Å²) in [6, 6.07) is 7.79. The Balaban J connectivity index is 2.49. The van der Waals surface area contributed by atoms with Crippen LogP contribution in [0.4, 0.5) is 0 Å². The van der Waals surface area contributed by atoms with Crippen molar-refractivity contribution in [3.8, 4) is 5.75 Å². The van der Waals surface area contributed by atoms with Crippen LogP contribution in [0.5, 0.6) is 5.75 Å². The highest BCUT2D eigenvalue weighted by Gasteiger charge is 2.10. The Morgan fingerprint density at radius 1 is 1.31 bits per heavy atom. The molecule has 0 aliphatic carbocycles. The molecule has 0 saturated heterocycles. The van der Waals surface area contributed by atoms with Gasteiger partial charge in [0.2, 0.25) is 0 Å². The van der Waals surface area contributed by atoms with Gasteiger partial charge in [0.25, 0.3) is 0 Å². The van der Waals surface area contributed by atoms with E-state index in [1.165, 1.54) is 7.11 Å². The summed E-state index contributed by atoms with van der Waals surface area (Å²) in [5.74, 6) is 0.665. The number of thioether (sulfide) groups is 1. The number of ether oxygens (including phenoxy) is 2. The second kappa shape index (κ2) is 6.43. The summed E-state index contributed by atoms with van der Waals surface area (Å²) in [5, 5.41) is 0.209. The maximum atomic E-state index is 11.1. The third-order valence-electron chi connectivity index (χ3n) is 2.08. The second-order valence-corrected chi connectivity index (χ2v) is 4.90. The summed E-state index contributed by atoms with van der Waals surface area (Å²) < 4.78 is 9.70. The Morgan fingerprint density at radius 2 is 1.94 bits per heavy atom. The minimum absolute atomic E-state index is 0.173. The first kappa shape index (κ1) is 12.9. The molecule has 4 heteroatoms. The molecule has 1 aromatic carbocycles. The minimum atomic E-state index is -0.173. The lowest BCUT2D eigenvalue weighted by atomic mass is 10.3. The number of esters is 1. The molecule has 0 saturated carbocycles. The summed E-state index contributed by atoms with van der Waals surface area (Å²) in [6.07, 6.45) is 0.424. The maximum absolute atomic E-state index is 11.1. The van der Waals surface area contributed by atoms with Gasteiger partial charge in [-0.1, -0.05) is 6.92 Å². The molecular formula is C12H16O3S. The van der Waals surface area contributed by atoms with Crippen molar-refractivity contribution < 1.29 is 14.3 Å². The van der Waals surface area contributed by atoms with Gasteiger partial charge in [-0.25, -0.2) is 0 Å². The van der Waals surface area contributed by atoms with E-state index in [0.29, 0.717) is 6.42 Å². The molecule has 0 radical (unpaired) electrons. The number of hydrogen-bond acceptors (Lipinski definition) is 4. The van der Waals surface area contributed by atoms with E-state index in [2.05, 4.69) is 4.74 Å². The Bertz CT molecular complexity index is 335. The lowest BCUT2D eigenvalue weighted by molar-refractivity contribution is -0.140. The molecule has 0 fully saturated rings. The smallest absolute Gasteiger partial charge is 0.306 e. The first-order valence-corrected chi connectivity index (χ1v) is 5.91. The Morgan fingerprint density at radius 3 is 2.44 bits per heavy atom. The molecule has 0 aromatic heterocycles. The molecule has 0 aliphatic rings. The summed E-state index contributed by atoms with van der Waals surface area (Å²) in [4.78, 5) is 12.2. The van der Waals surface area contributed by atoms with Crippen molar-refractivity contribution in [2.75, 3.05) is 14.2 Å². The predicted octanol–water partition coefficient (Wildman–Crippen LogP) is 2.74. The molecule has 3 nitrogen and oxygen atoms in total. The molecular weight excluding hydrogens is 224 g/mol. The fraction of sp³-hybridized carbons (Fsp3) is 0.417. The molecule has 0 N–H and O–H groups in total. The fourth-order valence-corrected chi connectivity index (χ4v) is 2.22. The maximum Gasteiger partial charge on any atom is 0.306 e. The summed E-state index contributed by atoms with van der Waals surface area (Å²) in [5.41, 5.74) is 0. The van der Waals surface area contributed by atoms with Crippen LogP contribution in [0.2, 0.25) is 0 Å². The summed E-state index contributed by atoms with van der Waals surface area (Å²) in [6.45, 7) is 2.01. The van der Waals surface area contributed by atoms with E-state index in [0.717, 1.165) is 10.6 Å². The zero-order valence-corrected chi connectivity index (χ0v) is 10.5. The van der Waals surface area contributed by atoms with Gasteiger partial charge in [0.05, 0.1) is 20.6 Å². The first-order chi connectivity index (χ1) is 7.65. The van der Waals surface area contributed by atoms with Crippen molar-refractivity contribution in [3.05, 3.63) is 24.3 Å². The standard InChI is InChI=1S/C12H16O3S/c1-9(8-12(13)15-3)16-11-6-4-10(14-2)5-7-11/h4-7,9H,8H2,1-3H3. The Kier molecular flexibility index (Phi) is 5.19. The number of rotatable bonds is 5. The van der Waals surface area contributed by atoms with Gasteiger partial charge in [-0.3, -0.25) is 4.79 Å². The van der Waals surface area contributed by atoms with Crippen molar-refractivity contribution in [3.63, 3.8) is 0 Å². The Labute approximate surface area is 100 Å². The molecule has 0 aliphatic heterocycles. The van der Waals surface area contributed by atoms with E-state index in [1.54, 1.807) is 18.9 Å². The molecule has 88 valence electrons. The molecule has 0 heterocycles. The molecule has 0 bridgehead atoms. The van der Waals surface area contributed by atoms with Crippen molar-refractivity contribution in [2.24, 2.45) is 0 Å². The van der Waals surface area contributed by atoms with Crippen LogP contribution in [0.1, 0.15) is 13.3 Å². The fourth-order valence-electron chi connectivity index (χ4n) is 1.25. The third-order valence-corrected chi connectivity index (χ3v) is 3.19.